The van der Waals surface area contributed by atoms with Gasteiger partial charge in [0.2, 0.25) is 0 Å². The van der Waals surface area contributed by atoms with E-state index in [0.29, 0.717) is 12.1 Å². The first kappa shape index (κ1) is 15.2. The smallest absolute Gasteiger partial charge is 0.340 e. The van der Waals surface area contributed by atoms with E-state index in [-0.39, 0.29) is 28.4 Å². The molecule has 0 unspecified atom stereocenters. The molecule has 0 atom stereocenters. The molecular weight excluding hydrogens is 307 g/mol. The van der Waals surface area contributed by atoms with Crippen molar-refractivity contribution in [3.8, 4) is 0 Å². The number of hydrogen-bond donors (Lipinski definition) is 1. The fourth-order valence-corrected chi connectivity index (χ4v) is 1.79. The summed E-state index contributed by atoms with van der Waals surface area (Å²) in [6.45, 7) is -0.326. The van der Waals surface area contributed by atoms with E-state index in [9.17, 15) is 18.0 Å². The molecule has 0 aromatic heterocycles. The minimum Gasteiger partial charge on any atom is -0.457 e. The molecule has 110 valence electrons. The highest BCUT2D eigenvalue weighted by atomic mass is 35.5. The molecule has 0 aliphatic rings. The number of nitrogen functional groups attached to an aromatic ring is 1. The van der Waals surface area contributed by atoms with Gasteiger partial charge in [0.15, 0.2) is 11.6 Å². The third-order valence-electron chi connectivity index (χ3n) is 2.68. The third kappa shape index (κ3) is 3.46. The Labute approximate surface area is 123 Å². The molecule has 2 N–H and O–H groups in total. The van der Waals surface area contributed by atoms with Gasteiger partial charge in [0, 0.05) is 22.3 Å². The predicted molar refractivity (Wildman–Crippen MR) is 71.3 cm³/mol. The van der Waals surface area contributed by atoms with Crippen molar-refractivity contribution in [2.75, 3.05) is 5.73 Å². The average molecular weight is 316 g/mol. The molecular formula is C14H9ClF3NO2. The molecule has 0 spiro atoms. The van der Waals surface area contributed by atoms with Gasteiger partial charge < -0.3 is 10.5 Å². The fraction of sp³-hybridized carbons (Fsp3) is 0.0714. The summed E-state index contributed by atoms with van der Waals surface area (Å²) in [5, 5.41) is 0.211. The highest BCUT2D eigenvalue weighted by Crippen LogP contribution is 2.21. The van der Waals surface area contributed by atoms with Gasteiger partial charge in [-0.3, -0.25) is 0 Å². The maximum absolute atomic E-state index is 13.1. The zero-order valence-corrected chi connectivity index (χ0v) is 11.3. The third-order valence-corrected chi connectivity index (χ3v) is 3.05. The Hall–Kier alpha value is -2.21. The van der Waals surface area contributed by atoms with Crippen molar-refractivity contribution >= 4 is 23.3 Å². The standard InChI is InChI=1S/C14H9ClF3NO2/c15-10-2-1-8(16)3-7(10)6-21-14(20)9-4-11(17)12(18)5-13(9)19/h1-5H,6,19H2. The Balaban J connectivity index is 2.15. The van der Waals surface area contributed by atoms with Crippen LogP contribution in [0, 0.1) is 17.5 Å². The minimum atomic E-state index is -1.22. The van der Waals surface area contributed by atoms with Crippen LogP contribution in [0.15, 0.2) is 30.3 Å². The van der Waals surface area contributed by atoms with Crippen molar-refractivity contribution in [1.82, 2.24) is 0 Å². The highest BCUT2D eigenvalue weighted by Gasteiger charge is 2.16. The van der Waals surface area contributed by atoms with Gasteiger partial charge in [0.05, 0.1) is 5.56 Å². The fourth-order valence-electron chi connectivity index (χ4n) is 1.61. The number of anilines is 1. The first-order valence-electron chi connectivity index (χ1n) is 5.74. The van der Waals surface area contributed by atoms with Crippen LogP contribution in [0.4, 0.5) is 18.9 Å². The lowest BCUT2D eigenvalue weighted by atomic mass is 10.1. The summed E-state index contributed by atoms with van der Waals surface area (Å²) in [7, 11) is 0. The topological polar surface area (TPSA) is 52.3 Å². The lowest BCUT2D eigenvalue weighted by Gasteiger charge is -2.09. The molecule has 21 heavy (non-hydrogen) atoms. The molecule has 0 aliphatic heterocycles. The van der Waals surface area contributed by atoms with E-state index in [1.54, 1.807) is 0 Å². The molecule has 0 bridgehead atoms. The van der Waals surface area contributed by atoms with Crippen molar-refractivity contribution < 1.29 is 22.7 Å². The Morgan fingerprint density at radius 2 is 1.81 bits per heavy atom. The summed E-state index contributed by atoms with van der Waals surface area (Å²) in [6.07, 6.45) is 0. The minimum absolute atomic E-state index is 0.211. The molecule has 7 heteroatoms. The first-order chi connectivity index (χ1) is 9.88. The Bertz CT molecular complexity index is 707. The van der Waals surface area contributed by atoms with Gasteiger partial charge in [0.25, 0.3) is 0 Å². The number of nitrogens with two attached hydrogens (primary N) is 1. The maximum Gasteiger partial charge on any atom is 0.340 e. The summed E-state index contributed by atoms with van der Waals surface area (Å²) in [5.74, 6) is -3.90. The van der Waals surface area contributed by atoms with E-state index < -0.39 is 23.4 Å². The average Bonchev–Trinajstić information content (AvgIpc) is 2.43. The SMILES string of the molecule is Nc1cc(F)c(F)cc1C(=O)OCc1cc(F)ccc1Cl. The maximum atomic E-state index is 13.1. The van der Waals surface area contributed by atoms with Gasteiger partial charge in [0.1, 0.15) is 12.4 Å². The molecule has 2 rings (SSSR count). The van der Waals surface area contributed by atoms with Gasteiger partial charge in [-0.05, 0) is 24.3 Å². The van der Waals surface area contributed by atoms with E-state index in [1.165, 1.54) is 6.07 Å². The summed E-state index contributed by atoms with van der Waals surface area (Å²) >= 11 is 5.81. The predicted octanol–water partition coefficient (Wildman–Crippen LogP) is 3.70. The highest BCUT2D eigenvalue weighted by molar-refractivity contribution is 6.31. The van der Waals surface area contributed by atoms with Crippen molar-refractivity contribution in [2.24, 2.45) is 0 Å². The Morgan fingerprint density at radius 1 is 1.14 bits per heavy atom. The molecule has 0 aliphatic carbocycles. The number of carbonyl (C=O) groups excluding carboxylic acids is 1. The Kier molecular flexibility index (Phi) is 4.37. The van der Waals surface area contributed by atoms with Crippen molar-refractivity contribution in [2.45, 2.75) is 6.61 Å². The van der Waals surface area contributed by atoms with Crippen LogP contribution in [0.5, 0.6) is 0 Å². The zero-order chi connectivity index (χ0) is 15.6. The molecule has 0 saturated heterocycles. The molecule has 2 aromatic carbocycles. The van der Waals surface area contributed by atoms with Crippen LogP contribution in [-0.4, -0.2) is 5.97 Å². The van der Waals surface area contributed by atoms with Gasteiger partial charge in [-0.2, -0.15) is 0 Å². The van der Waals surface area contributed by atoms with Crippen LogP contribution in [0.1, 0.15) is 15.9 Å². The molecule has 0 radical (unpaired) electrons. The summed E-state index contributed by atoms with van der Waals surface area (Å²) in [5.41, 5.74) is 5.08. The number of benzene rings is 2. The van der Waals surface area contributed by atoms with E-state index >= 15 is 0 Å². The van der Waals surface area contributed by atoms with Gasteiger partial charge in [-0.25, -0.2) is 18.0 Å². The molecule has 0 fully saturated rings. The van der Waals surface area contributed by atoms with Crippen molar-refractivity contribution in [3.05, 3.63) is 63.9 Å². The lowest BCUT2D eigenvalue weighted by Crippen LogP contribution is -2.10. The number of ether oxygens (including phenoxy) is 1. The van der Waals surface area contributed by atoms with Crippen LogP contribution in [0.3, 0.4) is 0 Å². The molecule has 0 heterocycles. The van der Waals surface area contributed by atoms with Crippen molar-refractivity contribution in [3.63, 3.8) is 0 Å². The summed E-state index contributed by atoms with van der Waals surface area (Å²) in [6, 6.07) is 4.89. The van der Waals surface area contributed by atoms with E-state index in [2.05, 4.69) is 0 Å². The number of rotatable bonds is 3. The van der Waals surface area contributed by atoms with Gasteiger partial charge in [-0.15, -0.1) is 0 Å². The van der Waals surface area contributed by atoms with Gasteiger partial charge in [-0.1, -0.05) is 11.6 Å². The molecule has 0 saturated carbocycles. The number of halogens is 4. The van der Waals surface area contributed by atoms with E-state index in [4.69, 9.17) is 22.1 Å². The summed E-state index contributed by atoms with van der Waals surface area (Å²) < 4.78 is 43.9. The van der Waals surface area contributed by atoms with Crippen molar-refractivity contribution in [1.29, 1.82) is 0 Å². The largest absolute Gasteiger partial charge is 0.457 e. The van der Waals surface area contributed by atoms with Crippen LogP contribution in [0.25, 0.3) is 0 Å². The monoisotopic (exact) mass is 315 g/mol. The van der Waals surface area contributed by atoms with E-state index in [0.717, 1.165) is 12.1 Å². The van der Waals surface area contributed by atoms with Crippen LogP contribution in [0.2, 0.25) is 5.02 Å². The molecule has 0 amide bonds. The lowest BCUT2D eigenvalue weighted by molar-refractivity contribution is 0.0473. The van der Waals surface area contributed by atoms with Crippen LogP contribution in [-0.2, 0) is 11.3 Å². The Morgan fingerprint density at radius 3 is 2.52 bits per heavy atom. The quantitative estimate of drug-likeness (QED) is 0.694. The zero-order valence-electron chi connectivity index (χ0n) is 10.5. The second kappa shape index (κ2) is 6.05. The summed E-state index contributed by atoms with van der Waals surface area (Å²) in [4.78, 5) is 11.8. The first-order valence-corrected chi connectivity index (χ1v) is 6.12. The molecule has 3 nitrogen and oxygen atoms in total. The number of hydrogen-bond acceptors (Lipinski definition) is 3. The van der Waals surface area contributed by atoms with E-state index in [1.807, 2.05) is 0 Å². The van der Waals surface area contributed by atoms with Crippen LogP contribution < -0.4 is 5.73 Å². The second-order valence-electron chi connectivity index (χ2n) is 4.17. The number of esters is 1. The van der Waals surface area contributed by atoms with Crippen LogP contribution >= 0.6 is 11.6 Å². The normalized spacial score (nSPS) is 10.5. The van der Waals surface area contributed by atoms with Gasteiger partial charge >= 0.3 is 5.97 Å². The molecule has 2 aromatic rings. The number of carbonyl (C=O) groups is 1. The second-order valence-corrected chi connectivity index (χ2v) is 4.57.